The summed E-state index contributed by atoms with van der Waals surface area (Å²) in [4.78, 5) is 26.3. The molecular weight excluding hydrogens is 368 g/mol. The van der Waals surface area contributed by atoms with Gasteiger partial charge in [0.05, 0.1) is 29.2 Å². The van der Waals surface area contributed by atoms with Crippen LogP contribution in [0.1, 0.15) is 37.7 Å². The Bertz CT molecular complexity index is 1060. The first-order valence-electron chi connectivity index (χ1n) is 9.48. The summed E-state index contributed by atoms with van der Waals surface area (Å²) in [6.45, 7) is 1.86. The number of amides is 1. The maximum Gasteiger partial charge on any atom is 0.337 e. The minimum atomic E-state index is -0.989. The smallest absolute Gasteiger partial charge is 0.337 e. The maximum atomic E-state index is 12.4. The predicted octanol–water partition coefficient (Wildman–Crippen LogP) is 2.49. The second-order valence-corrected chi connectivity index (χ2v) is 7.14. The van der Waals surface area contributed by atoms with E-state index in [0.29, 0.717) is 17.8 Å². The van der Waals surface area contributed by atoms with Gasteiger partial charge in [-0.25, -0.2) is 9.48 Å². The highest BCUT2D eigenvalue weighted by Crippen LogP contribution is 2.26. The average Bonchev–Trinajstić information content (AvgIpc) is 3.10. The Morgan fingerprint density at radius 2 is 1.83 bits per heavy atom. The number of para-hydroxylation sites is 1. The molecule has 7 nitrogen and oxygen atoms in total. The van der Waals surface area contributed by atoms with Gasteiger partial charge in [0.2, 0.25) is 0 Å². The molecular formula is C22H22N4O3. The maximum absolute atomic E-state index is 12.4. The van der Waals surface area contributed by atoms with Crippen LogP contribution in [0.5, 0.6) is 0 Å². The Balaban J connectivity index is 1.69. The van der Waals surface area contributed by atoms with E-state index in [9.17, 15) is 14.7 Å². The summed E-state index contributed by atoms with van der Waals surface area (Å²) in [5.41, 5.74) is 4.15. The van der Waals surface area contributed by atoms with Crippen LogP contribution in [0.3, 0.4) is 0 Å². The van der Waals surface area contributed by atoms with Crippen LogP contribution >= 0.6 is 0 Å². The monoisotopic (exact) mass is 390 g/mol. The molecule has 0 spiro atoms. The number of aromatic carboxylic acids is 1. The highest BCUT2D eigenvalue weighted by atomic mass is 16.4. The third kappa shape index (κ3) is 3.77. The molecule has 0 radical (unpaired) electrons. The van der Waals surface area contributed by atoms with Crippen molar-refractivity contribution in [2.75, 3.05) is 13.6 Å². The molecule has 1 aliphatic heterocycles. The molecule has 0 saturated heterocycles. The van der Waals surface area contributed by atoms with Crippen LogP contribution in [0.15, 0.2) is 54.6 Å². The Morgan fingerprint density at radius 3 is 2.59 bits per heavy atom. The summed E-state index contributed by atoms with van der Waals surface area (Å²) in [6, 6.07) is 15.9. The van der Waals surface area contributed by atoms with Crippen LogP contribution < -0.4 is 5.32 Å². The van der Waals surface area contributed by atoms with Crippen LogP contribution in [0.4, 0.5) is 0 Å². The Hall–Kier alpha value is -3.45. The number of hydrogen-bond acceptors (Lipinski definition) is 4. The fourth-order valence-corrected chi connectivity index (χ4v) is 3.66. The number of benzene rings is 2. The fourth-order valence-electron chi connectivity index (χ4n) is 3.66. The predicted molar refractivity (Wildman–Crippen MR) is 108 cm³/mol. The van der Waals surface area contributed by atoms with E-state index in [4.69, 9.17) is 5.10 Å². The number of carboxylic acids is 1. The van der Waals surface area contributed by atoms with Crippen molar-refractivity contribution in [3.05, 3.63) is 82.7 Å². The van der Waals surface area contributed by atoms with Gasteiger partial charge in [0.15, 0.2) is 0 Å². The van der Waals surface area contributed by atoms with Gasteiger partial charge in [-0.1, -0.05) is 30.3 Å². The summed E-state index contributed by atoms with van der Waals surface area (Å²) in [5.74, 6) is -1.15. The summed E-state index contributed by atoms with van der Waals surface area (Å²) in [7, 11) is 2.04. The molecule has 0 bridgehead atoms. The molecule has 0 unspecified atom stereocenters. The largest absolute Gasteiger partial charge is 0.478 e. The van der Waals surface area contributed by atoms with Crippen LogP contribution in [0.2, 0.25) is 0 Å². The van der Waals surface area contributed by atoms with Gasteiger partial charge >= 0.3 is 5.97 Å². The third-order valence-corrected chi connectivity index (χ3v) is 5.15. The van der Waals surface area contributed by atoms with Crippen molar-refractivity contribution in [2.45, 2.75) is 19.5 Å². The van der Waals surface area contributed by atoms with Gasteiger partial charge < -0.3 is 15.3 Å². The molecule has 2 N–H and O–H groups in total. The van der Waals surface area contributed by atoms with E-state index < -0.39 is 5.97 Å². The first kappa shape index (κ1) is 18.9. The number of carbonyl (C=O) groups is 2. The highest BCUT2D eigenvalue weighted by molar-refractivity contribution is 5.94. The quantitative estimate of drug-likeness (QED) is 0.699. The van der Waals surface area contributed by atoms with E-state index in [1.54, 1.807) is 35.0 Å². The number of nitrogens with one attached hydrogen (secondary N) is 1. The van der Waals surface area contributed by atoms with Crippen molar-refractivity contribution in [1.82, 2.24) is 20.0 Å². The van der Waals surface area contributed by atoms with Crippen molar-refractivity contribution < 1.29 is 14.7 Å². The topological polar surface area (TPSA) is 87.5 Å². The molecule has 7 heteroatoms. The van der Waals surface area contributed by atoms with Crippen molar-refractivity contribution in [2.24, 2.45) is 0 Å². The molecule has 0 fully saturated rings. The van der Waals surface area contributed by atoms with Gasteiger partial charge in [-0.05, 0) is 31.3 Å². The summed E-state index contributed by atoms with van der Waals surface area (Å²) >= 11 is 0. The second-order valence-electron chi connectivity index (χ2n) is 7.14. The highest BCUT2D eigenvalue weighted by Gasteiger charge is 2.25. The van der Waals surface area contributed by atoms with Crippen LogP contribution in [-0.2, 0) is 19.5 Å². The average molecular weight is 390 g/mol. The molecule has 2 heterocycles. The molecule has 1 amide bonds. The van der Waals surface area contributed by atoms with Gasteiger partial charge in [-0.2, -0.15) is 5.10 Å². The zero-order valence-electron chi connectivity index (χ0n) is 16.1. The first-order valence-corrected chi connectivity index (χ1v) is 9.48. The van der Waals surface area contributed by atoms with Crippen molar-refractivity contribution in [3.63, 3.8) is 0 Å². The molecule has 1 aromatic heterocycles. The lowest BCUT2D eigenvalue weighted by Gasteiger charge is -2.24. The molecule has 0 saturated carbocycles. The molecule has 1 aliphatic rings. The SMILES string of the molecule is CN1CCc2c(c(CNC(=O)c3ccccc3)nn2-c2ccccc2C(=O)O)C1. The number of likely N-dealkylation sites (N-methyl/N-ethyl adjacent to an activating group) is 1. The first-order chi connectivity index (χ1) is 14.0. The normalized spacial score (nSPS) is 13.7. The number of nitrogens with zero attached hydrogens (tertiary/aromatic N) is 3. The Morgan fingerprint density at radius 1 is 1.10 bits per heavy atom. The number of aromatic nitrogens is 2. The van der Waals surface area contributed by atoms with E-state index in [1.807, 2.05) is 31.3 Å². The van der Waals surface area contributed by atoms with E-state index in [0.717, 1.165) is 29.9 Å². The van der Waals surface area contributed by atoms with E-state index >= 15 is 0 Å². The second kappa shape index (κ2) is 7.89. The summed E-state index contributed by atoms with van der Waals surface area (Å²) in [6.07, 6.45) is 0.763. The number of carbonyl (C=O) groups excluding carboxylic acids is 1. The lowest BCUT2D eigenvalue weighted by Crippen LogP contribution is -2.29. The third-order valence-electron chi connectivity index (χ3n) is 5.15. The van der Waals surface area contributed by atoms with Crippen LogP contribution in [-0.4, -0.2) is 45.3 Å². The van der Waals surface area contributed by atoms with Gasteiger partial charge in [0.1, 0.15) is 0 Å². The molecule has 148 valence electrons. The van der Waals surface area contributed by atoms with Gasteiger partial charge in [0.25, 0.3) is 5.91 Å². The Labute approximate surface area is 168 Å². The van der Waals surface area contributed by atoms with E-state index in [1.165, 1.54) is 0 Å². The summed E-state index contributed by atoms with van der Waals surface area (Å²) < 4.78 is 1.73. The number of carboxylic acid groups (broad SMARTS) is 1. The van der Waals surface area contributed by atoms with Gasteiger partial charge in [-0.3, -0.25) is 4.79 Å². The fraction of sp³-hybridized carbons (Fsp3) is 0.227. The number of rotatable bonds is 5. The standard InChI is InChI=1S/C22H22N4O3/c1-25-12-11-20-17(14-25)18(13-23-21(27)15-7-3-2-4-8-15)24-26(20)19-10-6-5-9-16(19)22(28)29/h2-10H,11-14H2,1H3,(H,23,27)(H,28,29). The van der Waals surface area contributed by atoms with Gasteiger partial charge in [0, 0.05) is 30.6 Å². The molecule has 4 rings (SSSR count). The van der Waals surface area contributed by atoms with Crippen molar-refractivity contribution >= 4 is 11.9 Å². The zero-order chi connectivity index (χ0) is 20.4. The van der Waals surface area contributed by atoms with Crippen LogP contribution in [0, 0.1) is 0 Å². The van der Waals surface area contributed by atoms with E-state index in [-0.39, 0.29) is 18.0 Å². The number of hydrogen-bond donors (Lipinski definition) is 2. The number of fused-ring (bicyclic) bond motifs is 1. The molecule has 3 aromatic rings. The summed E-state index contributed by atoms with van der Waals surface area (Å²) in [5, 5.41) is 17.2. The molecule has 2 aromatic carbocycles. The minimum Gasteiger partial charge on any atom is -0.478 e. The van der Waals surface area contributed by atoms with Crippen molar-refractivity contribution in [1.29, 1.82) is 0 Å². The van der Waals surface area contributed by atoms with E-state index in [2.05, 4.69) is 10.2 Å². The molecule has 0 atom stereocenters. The lowest BCUT2D eigenvalue weighted by molar-refractivity contribution is 0.0696. The molecule has 0 aliphatic carbocycles. The lowest BCUT2D eigenvalue weighted by atomic mass is 10.0. The Kier molecular flexibility index (Phi) is 5.14. The zero-order valence-corrected chi connectivity index (χ0v) is 16.1. The minimum absolute atomic E-state index is 0.163. The molecule has 29 heavy (non-hydrogen) atoms. The van der Waals surface area contributed by atoms with Crippen molar-refractivity contribution in [3.8, 4) is 5.69 Å². The van der Waals surface area contributed by atoms with Crippen LogP contribution in [0.25, 0.3) is 5.69 Å². The van der Waals surface area contributed by atoms with Gasteiger partial charge in [-0.15, -0.1) is 0 Å².